The third-order valence-electron chi connectivity index (χ3n) is 5.09. The molecule has 0 spiro atoms. The molecule has 1 heterocycles. The van der Waals surface area contributed by atoms with Crippen LogP contribution in [0.4, 0.5) is 0 Å². The van der Waals surface area contributed by atoms with Gasteiger partial charge in [-0.05, 0) is 44.0 Å². The van der Waals surface area contributed by atoms with E-state index < -0.39 is 0 Å². The van der Waals surface area contributed by atoms with Crippen molar-refractivity contribution in [1.82, 2.24) is 4.90 Å². The minimum absolute atomic E-state index is 0.0147. The maximum absolute atomic E-state index is 13.0. The predicted octanol–water partition coefficient (Wildman–Crippen LogP) is 2.56. The van der Waals surface area contributed by atoms with Gasteiger partial charge in [0, 0.05) is 37.1 Å². The van der Waals surface area contributed by atoms with E-state index in [4.69, 9.17) is 26.8 Å². The normalized spacial score (nSPS) is 25.8. The summed E-state index contributed by atoms with van der Waals surface area (Å²) in [7, 11) is 1.77. The van der Waals surface area contributed by atoms with Gasteiger partial charge in [-0.3, -0.25) is 4.79 Å². The van der Waals surface area contributed by atoms with Gasteiger partial charge in [0.05, 0.1) is 18.3 Å². The second-order valence-electron chi connectivity index (χ2n) is 6.64. The van der Waals surface area contributed by atoms with Gasteiger partial charge in [0.1, 0.15) is 5.75 Å². The van der Waals surface area contributed by atoms with Crippen molar-refractivity contribution < 1.29 is 14.3 Å². The Morgan fingerprint density at radius 1 is 1.33 bits per heavy atom. The number of carbonyl (C=O) groups excluding carboxylic acids is 1. The van der Waals surface area contributed by atoms with Gasteiger partial charge in [-0.15, -0.1) is 0 Å². The van der Waals surface area contributed by atoms with Gasteiger partial charge in [-0.2, -0.15) is 0 Å². The number of ether oxygens (including phenoxy) is 2. The first-order valence-corrected chi connectivity index (χ1v) is 8.96. The molecule has 132 valence electrons. The summed E-state index contributed by atoms with van der Waals surface area (Å²) >= 11 is 6.07. The number of benzene rings is 1. The number of amides is 1. The maximum Gasteiger partial charge on any atom is 0.257 e. The molecule has 1 saturated heterocycles. The molecule has 1 aromatic carbocycles. The Kier molecular flexibility index (Phi) is 5.64. The third-order valence-corrected chi connectivity index (χ3v) is 5.32. The minimum Gasteiger partial charge on any atom is -0.493 e. The molecule has 3 rings (SSSR count). The molecule has 1 aliphatic carbocycles. The number of rotatable bonds is 6. The predicted molar refractivity (Wildman–Crippen MR) is 93.5 cm³/mol. The Morgan fingerprint density at radius 3 is 2.67 bits per heavy atom. The van der Waals surface area contributed by atoms with Crippen LogP contribution < -0.4 is 10.5 Å². The molecular formula is C18H25ClN2O3. The standard InChI is InChI=1S/C18H25ClN2O3/c1-23-17-12-3-4-13(17)11-21(10-12)18(22)15-6-5-14(19)9-16(15)24-8-2-7-20/h5-6,9,12-13,17H,2-4,7-8,10-11,20H2,1H3/t12-,13+,17?. The van der Waals surface area contributed by atoms with Gasteiger partial charge in [0.25, 0.3) is 5.91 Å². The molecule has 1 aliphatic heterocycles. The van der Waals surface area contributed by atoms with Gasteiger partial charge < -0.3 is 20.1 Å². The van der Waals surface area contributed by atoms with Gasteiger partial charge in [-0.25, -0.2) is 0 Å². The second kappa shape index (κ2) is 7.72. The number of nitrogens with two attached hydrogens (primary N) is 1. The van der Waals surface area contributed by atoms with Crippen molar-refractivity contribution in [3.63, 3.8) is 0 Å². The first kappa shape index (κ1) is 17.5. The van der Waals surface area contributed by atoms with Crippen LogP contribution in [0.15, 0.2) is 18.2 Å². The monoisotopic (exact) mass is 352 g/mol. The number of likely N-dealkylation sites (tertiary alicyclic amines) is 1. The molecule has 1 aromatic rings. The quantitative estimate of drug-likeness (QED) is 0.799. The van der Waals surface area contributed by atoms with E-state index in [9.17, 15) is 4.79 Å². The van der Waals surface area contributed by atoms with Gasteiger partial charge in [0.15, 0.2) is 0 Å². The van der Waals surface area contributed by atoms with Crippen LogP contribution in [0, 0.1) is 11.8 Å². The molecule has 5 nitrogen and oxygen atoms in total. The number of fused-ring (bicyclic) bond motifs is 2. The van der Waals surface area contributed by atoms with Crippen molar-refractivity contribution in [2.75, 3.05) is 33.4 Å². The van der Waals surface area contributed by atoms with Gasteiger partial charge in [0.2, 0.25) is 0 Å². The van der Waals surface area contributed by atoms with Crippen molar-refractivity contribution in [3.05, 3.63) is 28.8 Å². The van der Waals surface area contributed by atoms with E-state index in [1.54, 1.807) is 25.3 Å². The molecule has 6 heteroatoms. The van der Waals surface area contributed by atoms with Crippen LogP contribution in [0.3, 0.4) is 0 Å². The molecule has 1 amide bonds. The van der Waals surface area contributed by atoms with Crippen molar-refractivity contribution in [3.8, 4) is 5.75 Å². The van der Waals surface area contributed by atoms with Crippen LogP contribution in [-0.4, -0.2) is 50.3 Å². The van der Waals surface area contributed by atoms with E-state index in [1.165, 1.54) is 0 Å². The SMILES string of the molecule is COC1[C@@H]2CC[C@H]1CN(C(=O)c1ccc(Cl)cc1OCCCN)C2. The Labute approximate surface area is 148 Å². The molecule has 1 unspecified atom stereocenters. The van der Waals surface area contributed by atoms with E-state index in [-0.39, 0.29) is 5.91 Å². The van der Waals surface area contributed by atoms with Crippen LogP contribution in [0.5, 0.6) is 5.75 Å². The molecule has 2 fully saturated rings. The molecule has 1 saturated carbocycles. The van der Waals surface area contributed by atoms with Crippen LogP contribution in [0.25, 0.3) is 0 Å². The zero-order chi connectivity index (χ0) is 17.1. The number of hydrogen-bond acceptors (Lipinski definition) is 4. The van der Waals surface area contributed by atoms with Crippen LogP contribution in [-0.2, 0) is 4.74 Å². The van der Waals surface area contributed by atoms with Crippen molar-refractivity contribution in [1.29, 1.82) is 0 Å². The van der Waals surface area contributed by atoms with Crippen molar-refractivity contribution >= 4 is 17.5 Å². The largest absolute Gasteiger partial charge is 0.493 e. The molecule has 2 aliphatic rings. The fraction of sp³-hybridized carbons (Fsp3) is 0.611. The smallest absolute Gasteiger partial charge is 0.257 e. The van der Waals surface area contributed by atoms with E-state index in [2.05, 4.69) is 0 Å². The second-order valence-corrected chi connectivity index (χ2v) is 7.08. The highest BCUT2D eigenvalue weighted by Crippen LogP contribution is 2.39. The van der Waals surface area contributed by atoms with E-state index in [0.717, 1.165) is 32.4 Å². The third kappa shape index (κ3) is 3.53. The zero-order valence-electron chi connectivity index (χ0n) is 14.0. The van der Waals surface area contributed by atoms with Crippen LogP contribution >= 0.6 is 11.6 Å². The number of hydrogen-bond donors (Lipinski definition) is 1. The summed E-state index contributed by atoms with van der Waals surface area (Å²) in [5.74, 6) is 1.43. The lowest BCUT2D eigenvalue weighted by Crippen LogP contribution is -2.48. The first-order valence-electron chi connectivity index (χ1n) is 8.58. The summed E-state index contributed by atoms with van der Waals surface area (Å²) in [4.78, 5) is 15.0. The number of piperidine rings is 1. The lowest BCUT2D eigenvalue weighted by Gasteiger charge is -2.37. The van der Waals surface area contributed by atoms with Crippen molar-refractivity contribution in [2.45, 2.75) is 25.4 Å². The highest BCUT2D eigenvalue weighted by Gasteiger charge is 2.43. The fourth-order valence-electron chi connectivity index (χ4n) is 3.95. The molecular weight excluding hydrogens is 328 g/mol. The van der Waals surface area contributed by atoms with E-state index in [1.807, 2.05) is 4.90 Å². The Bertz CT molecular complexity index is 582. The summed E-state index contributed by atoms with van der Waals surface area (Å²) in [5, 5.41) is 0.562. The Morgan fingerprint density at radius 2 is 2.04 bits per heavy atom. The molecule has 2 N–H and O–H groups in total. The average molecular weight is 353 g/mol. The number of halogens is 1. The fourth-order valence-corrected chi connectivity index (χ4v) is 4.11. The Balaban J connectivity index is 1.75. The minimum atomic E-state index is 0.0147. The number of carbonyl (C=O) groups is 1. The summed E-state index contributed by atoms with van der Waals surface area (Å²) in [6, 6.07) is 5.20. The highest BCUT2D eigenvalue weighted by atomic mass is 35.5. The molecule has 0 radical (unpaired) electrons. The summed E-state index contributed by atoms with van der Waals surface area (Å²) < 4.78 is 11.4. The topological polar surface area (TPSA) is 64.8 Å². The zero-order valence-corrected chi connectivity index (χ0v) is 14.8. The molecule has 2 bridgehead atoms. The molecule has 3 atom stereocenters. The maximum atomic E-state index is 13.0. The van der Waals surface area contributed by atoms with Crippen LogP contribution in [0.1, 0.15) is 29.6 Å². The lowest BCUT2D eigenvalue weighted by molar-refractivity contribution is -0.0114. The van der Waals surface area contributed by atoms with E-state index in [0.29, 0.717) is 47.4 Å². The summed E-state index contributed by atoms with van der Waals surface area (Å²) in [6.45, 7) is 2.53. The summed E-state index contributed by atoms with van der Waals surface area (Å²) in [6.07, 6.45) is 3.30. The van der Waals surface area contributed by atoms with Gasteiger partial charge in [-0.1, -0.05) is 11.6 Å². The molecule has 24 heavy (non-hydrogen) atoms. The van der Waals surface area contributed by atoms with Gasteiger partial charge >= 0.3 is 0 Å². The van der Waals surface area contributed by atoms with Crippen molar-refractivity contribution in [2.24, 2.45) is 17.6 Å². The lowest BCUT2D eigenvalue weighted by atomic mass is 9.94. The number of nitrogens with zero attached hydrogens (tertiary/aromatic N) is 1. The first-order chi connectivity index (χ1) is 11.6. The highest BCUT2D eigenvalue weighted by molar-refractivity contribution is 6.30. The average Bonchev–Trinajstić information content (AvgIpc) is 2.82. The number of methoxy groups -OCH3 is 1. The molecule has 0 aromatic heterocycles. The van der Waals surface area contributed by atoms with Crippen LogP contribution in [0.2, 0.25) is 5.02 Å². The van der Waals surface area contributed by atoms with E-state index >= 15 is 0 Å². The Hall–Kier alpha value is -1.30. The summed E-state index contributed by atoms with van der Waals surface area (Å²) in [5.41, 5.74) is 6.08.